The predicted octanol–water partition coefficient (Wildman–Crippen LogP) is 6.18. The second kappa shape index (κ2) is 14.0. The summed E-state index contributed by atoms with van der Waals surface area (Å²) >= 11 is 0. The molecule has 4 aromatic rings. The van der Waals surface area contributed by atoms with Crippen LogP contribution >= 0.6 is 0 Å². The summed E-state index contributed by atoms with van der Waals surface area (Å²) < 4.78 is 21.9. The minimum Gasteiger partial charge on any atom is -0.494 e. The van der Waals surface area contributed by atoms with Gasteiger partial charge in [-0.15, -0.1) is 0 Å². The molecule has 0 aliphatic rings. The minimum absolute atomic E-state index is 0.0970. The lowest BCUT2D eigenvalue weighted by Gasteiger charge is -2.09. The third-order valence-electron chi connectivity index (χ3n) is 5.77. The maximum atomic E-state index is 12.3. The smallest absolute Gasteiger partial charge is 0.343 e. The maximum Gasteiger partial charge on any atom is 0.343 e. The molecular formula is C30H24N2O10. The van der Waals surface area contributed by atoms with E-state index in [-0.39, 0.29) is 22.9 Å². The molecule has 0 bridgehead atoms. The number of nitro benzene ring substituents is 2. The van der Waals surface area contributed by atoms with E-state index in [1.54, 1.807) is 48.5 Å². The van der Waals surface area contributed by atoms with Crippen molar-refractivity contribution >= 4 is 23.3 Å². The molecule has 0 N–H and O–H groups in total. The minimum atomic E-state index is -0.595. The Hall–Kier alpha value is -5.78. The van der Waals surface area contributed by atoms with Crippen LogP contribution in [-0.2, 0) is 0 Å². The van der Waals surface area contributed by atoms with Gasteiger partial charge in [0.05, 0.1) is 34.2 Å². The molecule has 0 heterocycles. The van der Waals surface area contributed by atoms with Gasteiger partial charge < -0.3 is 18.9 Å². The lowest BCUT2D eigenvalue weighted by molar-refractivity contribution is -0.385. The van der Waals surface area contributed by atoms with Gasteiger partial charge in [-0.2, -0.15) is 0 Å². The van der Waals surface area contributed by atoms with Crippen molar-refractivity contribution < 1.29 is 38.4 Å². The number of nitro groups is 2. The Morgan fingerprint density at radius 3 is 1.12 bits per heavy atom. The number of non-ortho nitro benzene ring substituents is 2. The fraction of sp³-hybridized carbons (Fsp3) is 0.133. The molecule has 12 nitrogen and oxygen atoms in total. The first-order valence-corrected chi connectivity index (χ1v) is 12.7. The van der Waals surface area contributed by atoms with Gasteiger partial charge in [0.15, 0.2) is 0 Å². The number of nitrogens with zero attached hydrogens (tertiary/aromatic N) is 2. The molecule has 42 heavy (non-hydrogen) atoms. The highest BCUT2D eigenvalue weighted by molar-refractivity contribution is 5.91. The molecule has 0 saturated carbocycles. The second-order valence-electron chi connectivity index (χ2n) is 8.73. The highest BCUT2D eigenvalue weighted by atomic mass is 16.6. The molecule has 0 aliphatic carbocycles. The van der Waals surface area contributed by atoms with E-state index in [4.69, 9.17) is 18.9 Å². The van der Waals surface area contributed by atoms with Crippen LogP contribution in [0.25, 0.3) is 0 Å². The summed E-state index contributed by atoms with van der Waals surface area (Å²) in [6.07, 6.45) is 1.42. The topological polar surface area (TPSA) is 157 Å². The number of rotatable bonds is 13. The van der Waals surface area contributed by atoms with E-state index in [0.29, 0.717) is 48.7 Å². The van der Waals surface area contributed by atoms with Crippen molar-refractivity contribution in [2.24, 2.45) is 0 Å². The highest BCUT2D eigenvalue weighted by Crippen LogP contribution is 2.21. The zero-order valence-corrected chi connectivity index (χ0v) is 22.0. The zero-order chi connectivity index (χ0) is 29.9. The third-order valence-corrected chi connectivity index (χ3v) is 5.77. The van der Waals surface area contributed by atoms with Crippen molar-refractivity contribution in [1.29, 1.82) is 0 Å². The third kappa shape index (κ3) is 8.36. The van der Waals surface area contributed by atoms with E-state index in [1.807, 2.05) is 0 Å². The van der Waals surface area contributed by atoms with Gasteiger partial charge in [0, 0.05) is 24.3 Å². The lowest BCUT2D eigenvalue weighted by atomic mass is 10.2. The molecule has 0 fully saturated rings. The second-order valence-corrected chi connectivity index (χ2v) is 8.73. The van der Waals surface area contributed by atoms with Gasteiger partial charge in [-0.1, -0.05) is 0 Å². The van der Waals surface area contributed by atoms with Crippen LogP contribution < -0.4 is 18.9 Å². The molecule has 0 spiro atoms. The number of hydrogen-bond acceptors (Lipinski definition) is 10. The van der Waals surface area contributed by atoms with Crippen molar-refractivity contribution in [1.82, 2.24) is 0 Å². The lowest BCUT2D eigenvalue weighted by Crippen LogP contribution is -2.09. The molecule has 0 saturated heterocycles. The van der Waals surface area contributed by atoms with E-state index >= 15 is 0 Å². The van der Waals surface area contributed by atoms with Crippen LogP contribution in [-0.4, -0.2) is 35.0 Å². The van der Waals surface area contributed by atoms with E-state index < -0.39 is 21.8 Å². The molecule has 0 unspecified atom stereocenters. The van der Waals surface area contributed by atoms with Crippen LogP contribution in [0.2, 0.25) is 0 Å². The number of benzene rings is 4. The summed E-state index contributed by atoms with van der Waals surface area (Å²) in [7, 11) is 0. The molecule has 0 aromatic heterocycles. The van der Waals surface area contributed by atoms with Crippen molar-refractivity contribution in [3.8, 4) is 23.0 Å². The first-order valence-electron chi connectivity index (χ1n) is 12.7. The summed E-state index contributed by atoms with van der Waals surface area (Å²) in [4.78, 5) is 45.0. The Morgan fingerprint density at radius 1 is 0.500 bits per heavy atom. The highest BCUT2D eigenvalue weighted by Gasteiger charge is 2.12. The first kappa shape index (κ1) is 29.2. The van der Waals surface area contributed by atoms with E-state index in [2.05, 4.69) is 0 Å². The molecular weight excluding hydrogens is 548 g/mol. The molecule has 214 valence electrons. The molecule has 0 radical (unpaired) electrons. The van der Waals surface area contributed by atoms with Crippen LogP contribution in [0.1, 0.15) is 33.6 Å². The largest absolute Gasteiger partial charge is 0.494 e. The number of carbonyl (C=O) groups is 2. The van der Waals surface area contributed by atoms with Crippen molar-refractivity contribution in [3.05, 3.63) is 128 Å². The fourth-order valence-electron chi connectivity index (χ4n) is 3.56. The molecule has 12 heteroatoms. The molecule has 4 aromatic carbocycles. The molecule has 4 rings (SSSR count). The predicted molar refractivity (Wildman–Crippen MR) is 149 cm³/mol. The van der Waals surface area contributed by atoms with Crippen LogP contribution in [0.5, 0.6) is 23.0 Å². The average molecular weight is 573 g/mol. The number of hydrogen-bond donors (Lipinski definition) is 0. The van der Waals surface area contributed by atoms with Gasteiger partial charge in [-0.25, -0.2) is 9.59 Å². The maximum absolute atomic E-state index is 12.3. The van der Waals surface area contributed by atoms with Gasteiger partial charge in [0.1, 0.15) is 23.0 Å². The quantitative estimate of drug-likeness (QED) is 0.0595. The summed E-state index contributed by atoms with van der Waals surface area (Å²) in [5, 5.41) is 21.4. The fourth-order valence-corrected chi connectivity index (χ4v) is 3.56. The molecule has 0 atom stereocenters. The van der Waals surface area contributed by atoms with Gasteiger partial charge in [0.25, 0.3) is 11.4 Å². The normalized spacial score (nSPS) is 10.4. The summed E-state index contributed by atoms with van der Waals surface area (Å²) in [6, 6.07) is 23.3. The molecule has 0 amide bonds. The standard InChI is InChI=1S/C30H24N2O10/c33-29(41-27-15-7-23(8-16-27)31(35)36)21-3-11-25(12-4-21)39-19-1-2-20-40-26-13-5-22(6-14-26)30(34)42-28-17-9-24(10-18-28)32(37)38/h3-18H,1-2,19-20H2. The Balaban J connectivity index is 1.13. The summed E-state index contributed by atoms with van der Waals surface area (Å²) in [6.45, 7) is 0.868. The SMILES string of the molecule is O=C(Oc1ccc([N+](=O)[O-])cc1)c1ccc(OCCCCOc2ccc(C(=O)Oc3ccc([N+](=O)[O-])cc3)cc2)cc1. The van der Waals surface area contributed by atoms with Crippen LogP contribution in [0.15, 0.2) is 97.1 Å². The number of unbranched alkanes of at least 4 members (excludes halogenated alkanes) is 1. The van der Waals surface area contributed by atoms with Gasteiger partial charge in [-0.05, 0) is 85.6 Å². The van der Waals surface area contributed by atoms with Crippen LogP contribution in [0, 0.1) is 20.2 Å². The Labute approximate surface area is 239 Å². The monoisotopic (exact) mass is 572 g/mol. The zero-order valence-electron chi connectivity index (χ0n) is 22.0. The number of carbonyl (C=O) groups excluding carboxylic acids is 2. The number of esters is 2. The van der Waals surface area contributed by atoms with Gasteiger partial charge in [-0.3, -0.25) is 20.2 Å². The van der Waals surface area contributed by atoms with E-state index in [1.165, 1.54) is 48.5 Å². The average Bonchev–Trinajstić information content (AvgIpc) is 3.00. The Bertz CT molecular complexity index is 1420. The first-order chi connectivity index (χ1) is 20.3. The Morgan fingerprint density at radius 2 is 0.810 bits per heavy atom. The Kier molecular flexibility index (Phi) is 9.76. The van der Waals surface area contributed by atoms with Crippen LogP contribution in [0.3, 0.4) is 0 Å². The van der Waals surface area contributed by atoms with E-state index in [0.717, 1.165) is 0 Å². The number of ether oxygens (including phenoxy) is 4. The van der Waals surface area contributed by atoms with Gasteiger partial charge in [0.2, 0.25) is 0 Å². The van der Waals surface area contributed by atoms with Crippen molar-refractivity contribution in [2.75, 3.05) is 13.2 Å². The summed E-state index contributed by atoms with van der Waals surface area (Å²) in [5.41, 5.74) is 0.417. The van der Waals surface area contributed by atoms with Crippen LogP contribution in [0.4, 0.5) is 11.4 Å². The van der Waals surface area contributed by atoms with Gasteiger partial charge >= 0.3 is 11.9 Å². The molecule has 0 aliphatic heterocycles. The summed E-state index contributed by atoms with van der Waals surface area (Å²) in [5.74, 6) is 0.375. The van der Waals surface area contributed by atoms with Crippen molar-refractivity contribution in [2.45, 2.75) is 12.8 Å². The van der Waals surface area contributed by atoms with E-state index in [9.17, 15) is 29.8 Å². The van der Waals surface area contributed by atoms with Crippen molar-refractivity contribution in [3.63, 3.8) is 0 Å².